The molecule has 136 valence electrons. The van der Waals surface area contributed by atoms with Crippen LogP contribution >= 0.6 is 11.6 Å². The molecule has 0 aliphatic carbocycles. The molecular weight excluding hydrogens is 336 g/mol. The number of nitrogens with zero attached hydrogens (tertiary/aromatic N) is 6. The van der Waals surface area contributed by atoms with Crippen LogP contribution in [0.15, 0.2) is 24.3 Å². The number of hydrogen-bond donors (Lipinski definition) is 0. The van der Waals surface area contributed by atoms with Crippen LogP contribution in [0.25, 0.3) is 0 Å². The second-order valence-electron chi connectivity index (χ2n) is 7.38. The molecule has 2 aromatic rings. The Morgan fingerprint density at radius 3 is 2.48 bits per heavy atom. The zero-order chi connectivity index (χ0) is 18.0. The molecule has 0 saturated carbocycles. The van der Waals surface area contributed by atoms with Crippen LogP contribution in [0, 0.1) is 0 Å². The second-order valence-corrected chi connectivity index (χ2v) is 7.79. The van der Waals surface area contributed by atoms with Crippen molar-refractivity contribution in [3.63, 3.8) is 0 Å². The number of halogens is 1. The average molecular weight is 363 g/mol. The van der Waals surface area contributed by atoms with Crippen molar-refractivity contribution in [3.8, 4) is 0 Å². The molecule has 0 amide bonds. The van der Waals surface area contributed by atoms with Crippen LogP contribution in [0.2, 0.25) is 5.02 Å². The molecule has 0 spiro atoms. The molecule has 0 radical (unpaired) electrons. The van der Waals surface area contributed by atoms with E-state index in [0.717, 1.165) is 49.0 Å². The number of likely N-dealkylation sites (N-methyl/N-ethyl adjacent to an activating group) is 1. The molecule has 1 saturated heterocycles. The van der Waals surface area contributed by atoms with Crippen LogP contribution in [0.4, 0.5) is 0 Å². The van der Waals surface area contributed by atoms with Gasteiger partial charge in [0, 0.05) is 31.2 Å². The molecule has 1 aliphatic heterocycles. The highest BCUT2D eigenvalue weighted by Crippen LogP contribution is 2.34. The van der Waals surface area contributed by atoms with E-state index in [1.165, 1.54) is 0 Å². The van der Waals surface area contributed by atoms with E-state index in [4.69, 9.17) is 11.6 Å². The normalized spacial score (nSPS) is 18.4. The number of aromatic nitrogens is 4. The van der Waals surface area contributed by atoms with Crippen LogP contribution in [-0.2, 0) is 5.54 Å². The standard InChI is InChI=1S/C18H27ClN6/c1-5-18(2,3)25-17(20-21-22-25)16(14-8-6-7-9-15(14)19)24-12-10-23(4)11-13-24/h6-9,16H,5,10-13H2,1-4H3/t16-/m0/s1. The minimum absolute atomic E-state index is 0.0387. The molecule has 1 aromatic heterocycles. The largest absolute Gasteiger partial charge is 0.304 e. The van der Waals surface area contributed by atoms with Crippen LogP contribution in [0.3, 0.4) is 0 Å². The highest BCUT2D eigenvalue weighted by Gasteiger charge is 2.34. The third-order valence-corrected chi connectivity index (χ3v) is 5.62. The molecule has 1 aromatic carbocycles. The minimum atomic E-state index is -0.148. The second kappa shape index (κ2) is 7.40. The van der Waals surface area contributed by atoms with Crippen LogP contribution in [0.1, 0.15) is 44.6 Å². The van der Waals surface area contributed by atoms with Gasteiger partial charge in [-0.05, 0) is 49.4 Å². The third-order valence-electron chi connectivity index (χ3n) is 5.28. The van der Waals surface area contributed by atoms with Crippen LogP contribution in [0.5, 0.6) is 0 Å². The fourth-order valence-corrected chi connectivity index (χ4v) is 3.46. The Morgan fingerprint density at radius 1 is 1.16 bits per heavy atom. The van der Waals surface area contributed by atoms with Gasteiger partial charge in [0.1, 0.15) is 0 Å². The number of piperazine rings is 1. The van der Waals surface area contributed by atoms with Crippen molar-refractivity contribution in [1.82, 2.24) is 30.0 Å². The van der Waals surface area contributed by atoms with Gasteiger partial charge in [-0.15, -0.1) is 5.10 Å². The van der Waals surface area contributed by atoms with Gasteiger partial charge in [0.15, 0.2) is 5.82 Å². The van der Waals surface area contributed by atoms with Gasteiger partial charge in [0.25, 0.3) is 0 Å². The van der Waals surface area contributed by atoms with Gasteiger partial charge in [-0.2, -0.15) is 0 Å². The fraction of sp³-hybridized carbons (Fsp3) is 0.611. The Balaban J connectivity index is 2.07. The molecule has 3 rings (SSSR count). The predicted octanol–water partition coefficient (Wildman–Crippen LogP) is 2.81. The molecule has 2 heterocycles. The molecule has 0 unspecified atom stereocenters. The smallest absolute Gasteiger partial charge is 0.173 e. The van der Waals surface area contributed by atoms with Gasteiger partial charge in [-0.1, -0.05) is 36.7 Å². The lowest BCUT2D eigenvalue weighted by atomic mass is 9.99. The summed E-state index contributed by atoms with van der Waals surface area (Å²) in [5.41, 5.74) is 0.918. The van der Waals surface area contributed by atoms with Gasteiger partial charge in [0.05, 0.1) is 11.6 Å². The van der Waals surface area contributed by atoms with Gasteiger partial charge < -0.3 is 4.90 Å². The van der Waals surface area contributed by atoms with Crippen molar-refractivity contribution in [2.75, 3.05) is 33.2 Å². The van der Waals surface area contributed by atoms with E-state index in [2.05, 4.69) is 59.2 Å². The summed E-state index contributed by atoms with van der Waals surface area (Å²) in [5, 5.41) is 13.5. The van der Waals surface area contributed by atoms with Gasteiger partial charge >= 0.3 is 0 Å². The third kappa shape index (κ3) is 3.71. The molecular formula is C18H27ClN6. The Bertz CT molecular complexity index is 705. The Morgan fingerprint density at radius 2 is 1.84 bits per heavy atom. The van der Waals surface area contributed by atoms with E-state index in [1.54, 1.807) is 0 Å². The molecule has 1 aliphatic rings. The van der Waals surface area contributed by atoms with Crippen molar-refractivity contribution in [3.05, 3.63) is 40.7 Å². The summed E-state index contributed by atoms with van der Waals surface area (Å²) in [6, 6.07) is 7.99. The van der Waals surface area contributed by atoms with Crippen LogP contribution < -0.4 is 0 Å². The molecule has 6 nitrogen and oxygen atoms in total. The van der Waals surface area contributed by atoms with Crippen molar-refractivity contribution in [1.29, 1.82) is 0 Å². The van der Waals surface area contributed by atoms with E-state index < -0.39 is 0 Å². The van der Waals surface area contributed by atoms with Crippen molar-refractivity contribution < 1.29 is 0 Å². The van der Waals surface area contributed by atoms with Crippen molar-refractivity contribution >= 4 is 11.6 Å². The fourth-order valence-electron chi connectivity index (χ4n) is 3.22. The van der Waals surface area contributed by atoms with Crippen molar-refractivity contribution in [2.24, 2.45) is 0 Å². The van der Waals surface area contributed by atoms with E-state index >= 15 is 0 Å². The predicted molar refractivity (Wildman–Crippen MR) is 99.8 cm³/mol. The van der Waals surface area contributed by atoms with Crippen LogP contribution in [-0.4, -0.2) is 63.2 Å². The first-order chi connectivity index (χ1) is 11.9. The lowest BCUT2D eigenvalue weighted by molar-refractivity contribution is 0.117. The first kappa shape index (κ1) is 18.3. The zero-order valence-electron chi connectivity index (χ0n) is 15.5. The number of rotatable bonds is 5. The number of tetrazole rings is 1. The SMILES string of the molecule is CCC(C)(C)n1nnnc1[C@H](c1ccccc1Cl)N1CCN(C)CC1. The van der Waals surface area contributed by atoms with Gasteiger partial charge in [0.2, 0.25) is 0 Å². The highest BCUT2D eigenvalue weighted by atomic mass is 35.5. The average Bonchev–Trinajstić information content (AvgIpc) is 3.09. The summed E-state index contributed by atoms with van der Waals surface area (Å²) in [4.78, 5) is 4.79. The Kier molecular flexibility index (Phi) is 5.41. The first-order valence-electron chi connectivity index (χ1n) is 8.90. The minimum Gasteiger partial charge on any atom is -0.304 e. The summed E-state index contributed by atoms with van der Waals surface area (Å²) >= 11 is 6.57. The first-order valence-corrected chi connectivity index (χ1v) is 9.27. The maximum absolute atomic E-state index is 6.57. The highest BCUT2D eigenvalue weighted by molar-refractivity contribution is 6.31. The summed E-state index contributed by atoms with van der Waals surface area (Å²) in [5.74, 6) is 0.865. The maximum Gasteiger partial charge on any atom is 0.173 e. The monoisotopic (exact) mass is 362 g/mol. The summed E-state index contributed by atoms with van der Waals surface area (Å²) in [6.45, 7) is 10.5. The maximum atomic E-state index is 6.57. The number of hydrogen-bond acceptors (Lipinski definition) is 5. The summed E-state index contributed by atoms with van der Waals surface area (Å²) < 4.78 is 1.97. The topological polar surface area (TPSA) is 50.1 Å². The molecule has 7 heteroatoms. The Hall–Kier alpha value is -1.50. The van der Waals surface area contributed by atoms with E-state index in [9.17, 15) is 0 Å². The van der Waals surface area contributed by atoms with Gasteiger partial charge in [-0.3, -0.25) is 4.90 Å². The lowest BCUT2D eigenvalue weighted by Crippen LogP contribution is -2.47. The van der Waals surface area contributed by atoms with Crippen molar-refractivity contribution in [2.45, 2.75) is 38.8 Å². The van der Waals surface area contributed by atoms with E-state index in [1.807, 2.05) is 22.9 Å². The Labute approximate surface area is 154 Å². The molecule has 25 heavy (non-hydrogen) atoms. The lowest BCUT2D eigenvalue weighted by Gasteiger charge is -2.38. The van der Waals surface area contributed by atoms with Gasteiger partial charge in [-0.25, -0.2) is 4.68 Å². The van der Waals surface area contributed by atoms with E-state index in [0.29, 0.717) is 0 Å². The summed E-state index contributed by atoms with van der Waals surface area (Å²) in [6.07, 6.45) is 0.947. The molecule has 0 bridgehead atoms. The quantitative estimate of drug-likeness (QED) is 0.818. The molecule has 1 atom stereocenters. The summed E-state index contributed by atoms with van der Waals surface area (Å²) in [7, 11) is 2.16. The molecule has 1 fully saturated rings. The molecule has 0 N–H and O–H groups in total. The number of benzene rings is 1. The van der Waals surface area contributed by atoms with E-state index in [-0.39, 0.29) is 11.6 Å². The zero-order valence-corrected chi connectivity index (χ0v) is 16.2.